The number of hydrogen-bond donors (Lipinski definition) is 2. The first kappa shape index (κ1) is 14.8. The summed E-state index contributed by atoms with van der Waals surface area (Å²) < 4.78 is 27.8. The molecule has 1 fully saturated rings. The molecule has 6 heteroatoms. The number of likely N-dealkylation sites (N-methyl/N-ethyl adjacent to an activating group) is 1. The van der Waals surface area contributed by atoms with E-state index in [1.807, 2.05) is 12.1 Å². The molecule has 21 heavy (non-hydrogen) atoms. The summed E-state index contributed by atoms with van der Waals surface area (Å²) in [6.07, 6.45) is 4.27. The average Bonchev–Trinajstić information content (AvgIpc) is 3.31. The normalized spacial score (nSPS) is 18.4. The van der Waals surface area contributed by atoms with E-state index < -0.39 is 10.0 Å². The monoisotopic (exact) mass is 309 g/mol. The Balaban J connectivity index is 1.69. The number of benzene rings is 1. The fraction of sp³-hybridized carbons (Fsp3) is 0.600. The predicted molar refractivity (Wildman–Crippen MR) is 84.1 cm³/mol. The van der Waals surface area contributed by atoms with Crippen LogP contribution in [0.3, 0.4) is 0 Å². The highest BCUT2D eigenvalue weighted by Gasteiger charge is 2.26. The molecule has 0 unspecified atom stereocenters. The summed E-state index contributed by atoms with van der Waals surface area (Å²) in [4.78, 5) is 2.66. The number of fused-ring (bicyclic) bond motifs is 1. The molecule has 1 heterocycles. The van der Waals surface area contributed by atoms with Crippen LogP contribution < -0.4 is 10.0 Å². The van der Waals surface area contributed by atoms with Crippen LogP contribution in [0.5, 0.6) is 0 Å². The number of hydrogen-bond acceptors (Lipinski definition) is 4. The summed E-state index contributed by atoms with van der Waals surface area (Å²) in [6, 6.07) is 6.12. The van der Waals surface area contributed by atoms with Crippen molar-refractivity contribution in [2.45, 2.75) is 36.6 Å². The molecule has 1 aromatic rings. The van der Waals surface area contributed by atoms with Crippen molar-refractivity contribution >= 4 is 15.7 Å². The van der Waals surface area contributed by atoms with Gasteiger partial charge >= 0.3 is 0 Å². The Bertz CT molecular complexity index is 611. The summed E-state index contributed by atoms with van der Waals surface area (Å²) in [6.45, 7) is 2.14. The zero-order valence-electron chi connectivity index (χ0n) is 12.4. The highest BCUT2D eigenvalue weighted by atomic mass is 32.2. The first-order valence-corrected chi connectivity index (χ1v) is 9.12. The highest BCUT2D eigenvalue weighted by molar-refractivity contribution is 7.89. The number of anilines is 1. The van der Waals surface area contributed by atoms with Crippen LogP contribution in [0.2, 0.25) is 0 Å². The van der Waals surface area contributed by atoms with Gasteiger partial charge in [-0.15, -0.1) is 0 Å². The molecule has 0 radical (unpaired) electrons. The van der Waals surface area contributed by atoms with Gasteiger partial charge in [0.2, 0.25) is 10.0 Å². The fourth-order valence-electron chi connectivity index (χ4n) is 2.86. The molecule has 3 rings (SSSR count). The van der Waals surface area contributed by atoms with Crippen LogP contribution in [0.25, 0.3) is 0 Å². The van der Waals surface area contributed by atoms with E-state index in [2.05, 4.69) is 22.0 Å². The molecule has 1 aromatic carbocycles. The molecule has 0 bridgehead atoms. The van der Waals surface area contributed by atoms with Crippen molar-refractivity contribution in [1.82, 2.24) is 9.62 Å². The van der Waals surface area contributed by atoms with Gasteiger partial charge in [0.1, 0.15) is 0 Å². The third-order valence-corrected chi connectivity index (χ3v) is 5.81. The predicted octanol–water partition coefficient (Wildman–Crippen LogP) is 1.42. The van der Waals surface area contributed by atoms with E-state index in [0.29, 0.717) is 17.5 Å². The molecular weight excluding hydrogens is 286 g/mol. The maximum Gasteiger partial charge on any atom is 0.240 e. The minimum Gasteiger partial charge on any atom is -0.385 e. The van der Waals surface area contributed by atoms with Gasteiger partial charge in [-0.3, -0.25) is 0 Å². The molecule has 5 nitrogen and oxygen atoms in total. The van der Waals surface area contributed by atoms with Gasteiger partial charge in [0, 0.05) is 31.4 Å². The largest absolute Gasteiger partial charge is 0.385 e. The van der Waals surface area contributed by atoms with Crippen LogP contribution in [-0.4, -0.2) is 46.0 Å². The quantitative estimate of drug-likeness (QED) is 0.834. The van der Waals surface area contributed by atoms with Crippen molar-refractivity contribution < 1.29 is 8.42 Å². The lowest BCUT2D eigenvalue weighted by molar-refractivity contribution is 0.329. The van der Waals surface area contributed by atoms with E-state index in [9.17, 15) is 8.42 Å². The zero-order chi connectivity index (χ0) is 14.9. The third kappa shape index (κ3) is 3.39. The van der Waals surface area contributed by atoms with E-state index in [1.54, 1.807) is 6.07 Å². The lowest BCUT2D eigenvalue weighted by atomic mass is 10.0. The Morgan fingerprint density at radius 2 is 2.19 bits per heavy atom. The molecule has 0 amide bonds. The van der Waals surface area contributed by atoms with Crippen LogP contribution in [0.15, 0.2) is 23.1 Å². The van der Waals surface area contributed by atoms with Crippen LogP contribution in [0.4, 0.5) is 5.69 Å². The second-order valence-electron chi connectivity index (χ2n) is 5.92. The van der Waals surface area contributed by atoms with E-state index in [4.69, 9.17) is 0 Å². The Morgan fingerprint density at radius 1 is 1.38 bits per heavy atom. The average molecular weight is 309 g/mol. The van der Waals surface area contributed by atoms with Crippen molar-refractivity contribution in [2.75, 3.05) is 32.0 Å². The lowest BCUT2D eigenvalue weighted by Crippen LogP contribution is -2.34. The van der Waals surface area contributed by atoms with Gasteiger partial charge in [-0.2, -0.15) is 0 Å². The molecular formula is C15H23N3O2S. The van der Waals surface area contributed by atoms with E-state index >= 15 is 0 Å². The SMILES string of the molecule is CN(CCNS(=O)(=O)c1cccc2c1CCCN2)C1CC1. The van der Waals surface area contributed by atoms with Crippen molar-refractivity contribution in [3.05, 3.63) is 23.8 Å². The molecule has 1 aliphatic heterocycles. The van der Waals surface area contributed by atoms with Crippen LogP contribution >= 0.6 is 0 Å². The topological polar surface area (TPSA) is 61.4 Å². The van der Waals surface area contributed by atoms with E-state index in [-0.39, 0.29) is 0 Å². The van der Waals surface area contributed by atoms with Crippen LogP contribution in [0, 0.1) is 0 Å². The Hall–Kier alpha value is -1.11. The van der Waals surface area contributed by atoms with Gasteiger partial charge in [-0.05, 0) is 50.4 Å². The van der Waals surface area contributed by atoms with E-state index in [1.165, 1.54) is 12.8 Å². The van der Waals surface area contributed by atoms with Crippen molar-refractivity contribution in [3.63, 3.8) is 0 Å². The summed E-state index contributed by atoms with van der Waals surface area (Å²) >= 11 is 0. The van der Waals surface area contributed by atoms with Crippen LogP contribution in [-0.2, 0) is 16.4 Å². The van der Waals surface area contributed by atoms with Crippen molar-refractivity contribution in [1.29, 1.82) is 0 Å². The number of rotatable bonds is 6. The molecule has 2 aliphatic rings. The maximum atomic E-state index is 12.5. The van der Waals surface area contributed by atoms with Gasteiger partial charge in [0.25, 0.3) is 0 Å². The summed E-state index contributed by atoms with van der Waals surface area (Å²) in [5.74, 6) is 0. The zero-order valence-corrected chi connectivity index (χ0v) is 13.2. The molecule has 0 atom stereocenters. The van der Waals surface area contributed by atoms with Crippen molar-refractivity contribution in [3.8, 4) is 0 Å². The standard InChI is InChI=1S/C15H23N3O2S/c1-18(12-7-8-12)11-10-17-21(19,20)15-6-2-5-14-13(15)4-3-9-16-14/h2,5-6,12,16-17H,3-4,7-11H2,1H3. The fourth-order valence-corrected chi connectivity index (χ4v) is 4.17. The van der Waals surface area contributed by atoms with Crippen LogP contribution in [0.1, 0.15) is 24.8 Å². The van der Waals surface area contributed by atoms with Gasteiger partial charge in [-0.25, -0.2) is 13.1 Å². The Kier molecular flexibility index (Phi) is 4.19. The summed E-state index contributed by atoms with van der Waals surface area (Å²) in [5.41, 5.74) is 1.88. The third-order valence-electron chi connectivity index (χ3n) is 4.27. The Morgan fingerprint density at radius 3 is 2.95 bits per heavy atom. The Labute approximate surface area is 126 Å². The molecule has 0 aromatic heterocycles. The minimum absolute atomic E-state index is 0.432. The number of nitrogens with zero attached hydrogens (tertiary/aromatic N) is 1. The minimum atomic E-state index is -3.42. The lowest BCUT2D eigenvalue weighted by Gasteiger charge is -2.21. The van der Waals surface area contributed by atoms with Gasteiger partial charge in [0.05, 0.1) is 4.90 Å². The van der Waals surface area contributed by atoms with Gasteiger partial charge < -0.3 is 10.2 Å². The molecule has 0 spiro atoms. The second-order valence-corrected chi connectivity index (χ2v) is 7.66. The first-order chi connectivity index (χ1) is 10.1. The molecule has 0 saturated heterocycles. The maximum absolute atomic E-state index is 12.5. The second kappa shape index (κ2) is 5.94. The highest BCUT2D eigenvalue weighted by Crippen LogP contribution is 2.28. The van der Waals surface area contributed by atoms with Crippen molar-refractivity contribution in [2.24, 2.45) is 0 Å². The molecule has 2 N–H and O–H groups in total. The number of nitrogens with one attached hydrogen (secondary N) is 2. The number of sulfonamides is 1. The first-order valence-electron chi connectivity index (χ1n) is 7.63. The smallest absolute Gasteiger partial charge is 0.240 e. The van der Waals surface area contributed by atoms with E-state index in [0.717, 1.165) is 37.2 Å². The van der Waals surface area contributed by atoms with Gasteiger partial charge in [-0.1, -0.05) is 6.07 Å². The molecule has 1 aliphatic carbocycles. The molecule has 1 saturated carbocycles. The summed E-state index contributed by atoms with van der Waals surface area (Å²) in [7, 11) is -1.36. The molecule has 116 valence electrons. The summed E-state index contributed by atoms with van der Waals surface area (Å²) in [5, 5.41) is 3.27. The van der Waals surface area contributed by atoms with Gasteiger partial charge in [0.15, 0.2) is 0 Å².